The molecule has 1 N–H and O–H groups in total. The van der Waals surface area contributed by atoms with E-state index < -0.39 is 17.6 Å². The summed E-state index contributed by atoms with van der Waals surface area (Å²) in [5.74, 6) is -0.494. The standard InChI is InChI=1S/C32H28BrF2NO2S/c33-27-7-2-1-6-26(27)25(12-15-39-20-32(13-14-32)19-31(37)38)22-5-3-4-21(16-22)8-10-24-11-9-23-17-28(34)29(35)18-30(23)36-24/h1-11,16-18,25H,12-15,19-20H2,(H,37,38). The van der Waals surface area contributed by atoms with E-state index in [1.807, 2.05) is 42.1 Å². The Morgan fingerprint density at radius 3 is 2.59 bits per heavy atom. The number of benzene rings is 3. The van der Waals surface area contributed by atoms with Gasteiger partial charge in [0.25, 0.3) is 0 Å². The molecule has 1 aliphatic rings. The van der Waals surface area contributed by atoms with Crippen LogP contribution in [0.4, 0.5) is 8.78 Å². The Hall–Kier alpha value is -3.03. The Morgan fingerprint density at radius 2 is 1.82 bits per heavy atom. The molecule has 4 aromatic rings. The van der Waals surface area contributed by atoms with Gasteiger partial charge >= 0.3 is 5.97 Å². The molecule has 3 nitrogen and oxygen atoms in total. The minimum absolute atomic E-state index is 0.0131. The molecular weight excluding hydrogens is 580 g/mol. The minimum atomic E-state index is -0.908. The first kappa shape index (κ1) is 27.5. The molecule has 1 aromatic heterocycles. The van der Waals surface area contributed by atoms with E-state index in [1.54, 1.807) is 12.1 Å². The van der Waals surface area contributed by atoms with Gasteiger partial charge in [-0.3, -0.25) is 4.79 Å². The van der Waals surface area contributed by atoms with Crippen molar-refractivity contribution < 1.29 is 18.7 Å². The number of fused-ring (bicyclic) bond motifs is 1. The SMILES string of the molecule is O=C(O)CC1(CSCCC(c2cccc(C=Cc3ccc4cc(F)c(F)cc4n3)c2)c2ccccc2Br)CC1. The number of carboxylic acids is 1. The Bertz CT molecular complexity index is 1540. The minimum Gasteiger partial charge on any atom is -0.481 e. The first-order chi connectivity index (χ1) is 18.8. The van der Waals surface area contributed by atoms with Gasteiger partial charge in [0.2, 0.25) is 0 Å². The summed E-state index contributed by atoms with van der Waals surface area (Å²) in [5, 5.41) is 9.77. The van der Waals surface area contributed by atoms with Crippen molar-refractivity contribution in [2.24, 2.45) is 5.41 Å². The maximum absolute atomic E-state index is 13.7. The van der Waals surface area contributed by atoms with Crippen molar-refractivity contribution in [2.45, 2.75) is 31.6 Å². The van der Waals surface area contributed by atoms with Crippen LogP contribution in [0, 0.1) is 17.0 Å². The molecule has 1 unspecified atom stereocenters. The Morgan fingerprint density at radius 1 is 1.03 bits per heavy atom. The number of hydrogen-bond donors (Lipinski definition) is 1. The summed E-state index contributed by atoms with van der Waals surface area (Å²) in [5.41, 5.74) is 4.49. The van der Waals surface area contributed by atoms with E-state index in [0.717, 1.165) is 52.9 Å². The average molecular weight is 609 g/mol. The molecule has 0 aliphatic heterocycles. The molecule has 3 aromatic carbocycles. The van der Waals surface area contributed by atoms with E-state index in [0.29, 0.717) is 16.6 Å². The van der Waals surface area contributed by atoms with Gasteiger partial charge in [-0.05, 0) is 77.1 Å². The third-order valence-corrected chi connectivity index (χ3v) is 9.30. The van der Waals surface area contributed by atoms with Crippen LogP contribution < -0.4 is 0 Å². The number of thioether (sulfide) groups is 1. The van der Waals surface area contributed by atoms with Gasteiger partial charge in [0.05, 0.1) is 17.6 Å². The summed E-state index contributed by atoms with van der Waals surface area (Å²) < 4.78 is 28.3. The molecule has 0 bridgehead atoms. The zero-order chi connectivity index (χ0) is 27.4. The van der Waals surface area contributed by atoms with Gasteiger partial charge in [-0.1, -0.05) is 70.5 Å². The first-order valence-electron chi connectivity index (χ1n) is 12.9. The lowest BCUT2D eigenvalue weighted by molar-refractivity contribution is -0.138. The van der Waals surface area contributed by atoms with Crippen LogP contribution in [0.2, 0.25) is 0 Å². The molecule has 0 amide bonds. The lowest BCUT2D eigenvalue weighted by Gasteiger charge is -2.21. The van der Waals surface area contributed by atoms with Crippen LogP contribution in [0.5, 0.6) is 0 Å². The van der Waals surface area contributed by atoms with E-state index in [1.165, 1.54) is 11.1 Å². The van der Waals surface area contributed by atoms with E-state index >= 15 is 0 Å². The monoisotopic (exact) mass is 607 g/mol. The lowest BCUT2D eigenvalue weighted by atomic mass is 9.88. The summed E-state index contributed by atoms with van der Waals surface area (Å²) in [6.45, 7) is 0. The molecule has 1 atom stereocenters. The average Bonchev–Trinajstić information content (AvgIpc) is 3.67. The highest BCUT2D eigenvalue weighted by Crippen LogP contribution is 2.51. The number of rotatable bonds is 11. The molecule has 0 radical (unpaired) electrons. The van der Waals surface area contributed by atoms with Crippen LogP contribution in [0.1, 0.15) is 54.0 Å². The van der Waals surface area contributed by atoms with Crippen molar-refractivity contribution in [1.29, 1.82) is 0 Å². The topological polar surface area (TPSA) is 50.2 Å². The van der Waals surface area contributed by atoms with Crippen molar-refractivity contribution in [3.8, 4) is 0 Å². The maximum atomic E-state index is 13.7. The van der Waals surface area contributed by atoms with Crippen molar-refractivity contribution >= 4 is 56.7 Å². The predicted octanol–water partition coefficient (Wildman–Crippen LogP) is 8.96. The van der Waals surface area contributed by atoms with Crippen LogP contribution >= 0.6 is 27.7 Å². The predicted molar refractivity (Wildman–Crippen MR) is 159 cm³/mol. The van der Waals surface area contributed by atoms with Crippen LogP contribution in [0.15, 0.2) is 77.3 Å². The quantitative estimate of drug-likeness (QED) is 0.173. The molecule has 1 fully saturated rings. The second-order valence-electron chi connectivity index (χ2n) is 10.2. The molecule has 7 heteroatoms. The van der Waals surface area contributed by atoms with Crippen molar-refractivity contribution in [3.05, 3.63) is 111 Å². The highest BCUT2D eigenvalue weighted by molar-refractivity contribution is 9.10. The fourth-order valence-electron chi connectivity index (χ4n) is 4.91. The highest BCUT2D eigenvalue weighted by Gasteiger charge is 2.44. The molecule has 1 aliphatic carbocycles. The fraction of sp³-hybridized carbons (Fsp3) is 0.250. The summed E-state index contributed by atoms with van der Waals surface area (Å²) in [7, 11) is 0. The Balaban J connectivity index is 1.33. The van der Waals surface area contributed by atoms with E-state index in [9.17, 15) is 18.7 Å². The molecule has 5 rings (SSSR count). The zero-order valence-corrected chi connectivity index (χ0v) is 23.7. The number of pyridine rings is 1. The second-order valence-corrected chi connectivity index (χ2v) is 12.1. The number of carboxylic acid groups (broad SMARTS) is 1. The van der Waals surface area contributed by atoms with Gasteiger partial charge in [-0.25, -0.2) is 13.8 Å². The van der Waals surface area contributed by atoms with Crippen LogP contribution in [-0.4, -0.2) is 27.6 Å². The van der Waals surface area contributed by atoms with Gasteiger partial charge in [0.1, 0.15) is 0 Å². The molecule has 0 saturated heterocycles. The number of aromatic nitrogens is 1. The number of aliphatic carboxylic acids is 1. The first-order valence-corrected chi connectivity index (χ1v) is 14.8. The maximum Gasteiger partial charge on any atom is 0.303 e. The smallest absolute Gasteiger partial charge is 0.303 e. The molecular formula is C32H28BrF2NO2S. The normalized spacial score (nSPS) is 15.1. The lowest BCUT2D eigenvalue weighted by Crippen LogP contribution is -2.12. The highest BCUT2D eigenvalue weighted by atomic mass is 79.9. The van der Waals surface area contributed by atoms with Crippen LogP contribution in [0.25, 0.3) is 23.1 Å². The third kappa shape index (κ3) is 6.95. The number of carbonyl (C=O) groups is 1. The van der Waals surface area contributed by atoms with Gasteiger partial charge < -0.3 is 5.11 Å². The van der Waals surface area contributed by atoms with Crippen molar-refractivity contribution in [1.82, 2.24) is 4.98 Å². The molecule has 0 spiro atoms. The van der Waals surface area contributed by atoms with Crippen molar-refractivity contribution in [2.75, 3.05) is 11.5 Å². The fourth-order valence-corrected chi connectivity index (χ4v) is 6.84. The van der Waals surface area contributed by atoms with Gasteiger partial charge in [-0.2, -0.15) is 11.8 Å². The molecule has 1 saturated carbocycles. The Labute approximate surface area is 239 Å². The molecule has 39 heavy (non-hydrogen) atoms. The molecule has 1 heterocycles. The van der Waals surface area contributed by atoms with Crippen molar-refractivity contribution in [3.63, 3.8) is 0 Å². The number of hydrogen-bond acceptors (Lipinski definition) is 3. The van der Waals surface area contributed by atoms with Gasteiger partial charge in [0, 0.05) is 21.8 Å². The van der Waals surface area contributed by atoms with Crippen LogP contribution in [-0.2, 0) is 4.79 Å². The van der Waals surface area contributed by atoms with Gasteiger partial charge in [0.15, 0.2) is 11.6 Å². The largest absolute Gasteiger partial charge is 0.481 e. The third-order valence-electron chi connectivity index (χ3n) is 7.24. The van der Waals surface area contributed by atoms with Gasteiger partial charge in [-0.15, -0.1) is 0 Å². The number of nitrogens with zero attached hydrogens (tertiary/aromatic N) is 1. The summed E-state index contributed by atoms with van der Waals surface area (Å²) in [6.07, 6.45) is 7.06. The van der Waals surface area contributed by atoms with E-state index in [-0.39, 0.29) is 17.8 Å². The summed E-state index contributed by atoms with van der Waals surface area (Å²) in [6, 6.07) is 22.5. The van der Waals surface area contributed by atoms with E-state index in [2.05, 4.69) is 51.2 Å². The van der Waals surface area contributed by atoms with Crippen LogP contribution in [0.3, 0.4) is 0 Å². The molecule has 200 valence electrons. The van der Waals surface area contributed by atoms with E-state index in [4.69, 9.17) is 0 Å². The number of halogens is 3. The summed E-state index contributed by atoms with van der Waals surface area (Å²) in [4.78, 5) is 15.7. The Kier molecular flexibility index (Phi) is 8.48. The zero-order valence-electron chi connectivity index (χ0n) is 21.2. The summed E-state index contributed by atoms with van der Waals surface area (Å²) >= 11 is 5.59. The second kappa shape index (κ2) is 12.0.